The largest absolute Gasteiger partial charge is 0.325 e. The second kappa shape index (κ2) is 8.02. The number of rotatable bonds is 6. The molecular formula is C18H26N2OS. The van der Waals surface area contributed by atoms with Crippen molar-refractivity contribution in [3.05, 3.63) is 24.3 Å². The Morgan fingerprint density at radius 2 is 2.05 bits per heavy atom. The summed E-state index contributed by atoms with van der Waals surface area (Å²) >= 11 is 1.94. The molecule has 1 unspecified atom stereocenters. The number of thioether (sulfide) groups is 1. The van der Waals surface area contributed by atoms with Crippen LogP contribution >= 0.6 is 11.8 Å². The van der Waals surface area contributed by atoms with E-state index in [1.807, 2.05) is 23.9 Å². The third-order valence-electron chi connectivity index (χ3n) is 4.70. The molecule has 3 rings (SSSR count). The topological polar surface area (TPSA) is 41.1 Å². The van der Waals surface area contributed by atoms with Gasteiger partial charge in [0.15, 0.2) is 0 Å². The molecule has 1 amide bonds. The van der Waals surface area contributed by atoms with Crippen LogP contribution in [0.3, 0.4) is 0 Å². The van der Waals surface area contributed by atoms with Gasteiger partial charge in [0, 0.05) is 16.6 Å². The van der Waals surface area contributed by atoms with Gasteiger partial charge >= 0.3 is 0 Å². The Kier molecular flexibility index (Phi) is 5.79. The lowest BCUT2D eigenvalue weighted by Crippen LogP contribution is -2.15. The van der Waals surface area contributed by atoms with Gasteiger partial charge in [-0.2, -0.15) is 0 Å². The van der Waals surface area contributed by atoms with Gasteiger partial charge in [-0.3, -0.25) is 4.79 Å². The average molecular weight is 318 g/mol. The Morgan fingerprint density at radius 3 is 2.82 bits per heavy atom. The first-order valence-electron chi connectivity index (χ1n) is 8.57. The van der Waals surface area contributed by atoms with Gasteiger partial charge in [-0.1, -0.05) is 25.0 Å². The number of benzene rings is 1. The van der Waals surface area contributed by atoms with Crippen LogP contribution in [0.1, 0.15) is 44.9 Å². The van der Waals surface area contributed by atoms with Crippen molar-refractivity contribution in [3.8, 4) is 0 Å². The lowest BCUT2D eigenvalue weighted by molar-refractivity contribution is -0.116. The molecule has 1 aliphatic heterocycles. The zero-order valence-corrected chi connectivity index (χ0v) is 14.0. The van der Waals surface area contributed by atoms with Crippen LogP contribution in [0.5, 0.6) is 0 Å². The molecule has 1 aliphatic carbocycles. The van der Waals surface area contributed by atoms with Crippen molar-refractivity contribution < 1.29 is 4.79 Å². The third kappa shape index (κ3) is 4.50. The second-order valence-electron chi connectivity index (χ2n) is 6.47. The van der Waals surface area contributed by atoms with Crippen LogP contribution in [0.25, 0.3) is 0 Å². The van der Waals surface area contributed by atoms with E-state index in [2.05, 4.69) is 22.8 Å². The highest BCUT2D eigenvalue weighted by Gasteiger charge is 2.19. The van der Waals surface area contributed by atoms with E-state index in [1.165, 1.54) is 37.0 Å². The highest BCUT2D eigenvalue weighted by Crippen LogP contribution is 2.38. The van der Waals surface area contributed by atoms with Crippen molar-refractivity contribution in [2.75, 3.05) is 18.4 Å². The van der Waals surface area contributed by atoms with E-state index in [1.54, 1.807) is 0 Å². The molecule has 0 bridgehead atoms. The van der Waals surface area contributed by atoms with Gasteiger partial charge in [-0.05, 0) is 56.8 Å². The summed E-state index contributed by atoms with van der Waals surface area (Å²) in [6.07, 6.45) is 8.15. The molecule has 1 heterocycles. The summed E-state index contributed by atoms with van der Waals surface area (Å²) in [7, 11) is 0. The third-order valence-corrected chi connectivity index (χ3v) is 6.11. The van der Waals surface area contributed by atoms with Crippen LogP contribution in [0, 0.1) is 5.92 Å². The SMILES string of the molecule is O=C(CCC1CCNC1)Nc1ccccc1SC1CCCC1. The molecule has 1 saturated carbocycles. The lowest BCUT2D eigenvalue weighted by atomic mass is 10.0. The maximum atomic E-state index is 12.2. The number of anilines is 1. The van der Waals surface area contributed by atoms with Crippen molar-refractivity contribution in [2.24, 2.45) is 5.92 Å². The predicted molar refractivity (Wildman–Crippen MR) is 93.4 cm³/mol. The van der Waals surface area contributed by atoms with Crippen molar-refractivity contribution in [2.45, 2.75) is 55.1 Å². The highest BCUT2D eigenvalue weighted by atomic mass is 32.2. The van der Waals surface area contributed by atoms with Gasteiger partial charge in [0.25, 0.3) is 0 Å². The first kappa shape index (κ1) is 15.9. The fourth-order valence-electron chi connectivity index (χ4n) is 3.37. The summed E-state index contributed by atoms with van der Waals surface area (Å²) in [5.41, 5.74) is 0.994. The van der Waals surface area contributed by atoms with E-state index in [0.717, 1.165) is 30.4 Å². The van der Waals surface area contributed by atoms with E-state index in [0.29, 0.717) is 12.3 Å². The summed E-state index contributed by atoms with van der Waals surface area (Å²) in [4.78, 5) is 13.4. The molecule has 4 heteroatoms. The Labute approximate surface area is 137 Å². The van der Waals surface area contributed by atoms with Crippen molar-refractivity contribution in [3.63, 3.8) is 0 Å². The monoisotopic (exact) mass is 318 g/mol. The molecule has 2 aliphatic rings. The molecule has 1 atom stereocenters. The molecular weight excluding hydrogens is 292 g/mol. The minimum absolute atomic E-state index is 0.159. The molecule has 0 spiro atoms. The van der Waals surface area contributed by atoms with Gasteiger partial charge in [0.1, 0.15) is 0 Å². The molecule has 1 aromatic rings. The second-order valence-corrected chi connectivity index (χ2v) is 7.81. The van der Waals surface area contributed by atoms with Crippen LogP contribution < -0.4 is 10.6 Å². The molecule has 120 valence electrons. The van der Waals surface area contributed by atoms with Crippen molar-refractivity contribution in [1.82, 2.24) is 5.32 Å². The van der Waals surface area contributed by atoms with Crippen LogP contribution in [0.4, 0.5) is 5.69 Å². The summed E-state index contributed by atoms with van der Waals surface area (Å²) in [6.45, 7) is 2.18. The summed E-state index contributed by atoms with van der Waals surface area (Å²) < 4.78 is 0. The quantitative estimate of drug-likeness (QED) is 0.831. The molecule has 1 aromatic carbocycles. The Bertz CT molecular complexity index is 494. The van der Waals surface area contributed by atoms with E-state index < -0.39 is 0 Å². The summed E-state index contributed by atoms with van der Waals surface area (Å²) in [6, 6.07) is 8.25. The fourth-order valence-corrected chi connectivity index (χ4v) is 4.70. The molecule has 22 heavy (non-hydrogen) atoms. The zero-order valence-electron chi connectivity index (χ0n) is 13.1. The van der Waals surface area contributed by atoms with E-state index in [9.17, 15) is 4.79 Å². The Balaban J connectivity index is 1.53. The maximum Gasteiger partial charge on any atom is 0.224 e. The first-order valence-corrected chi connectivity index (χ1v) is 9.45. The number of amides is 1. The van der Waals surface area contributed by atoms with E-state index >= 15 is 0 Å². The van der Waals surface area contributed by atoms with Gasteiger partial charge in [-0.25, -0.2) is 0 Å². The van der Waals surface area contributed by atoms with Crippen molar-refractivity contribution >= 4 is 23.4 Å². The van der Waals surface area contributed by atoms with Gasteiger partial charge in [0.2, 0.25) is 5.91 Å². The molecule has 0 radical (unpaired) electrons. The van der Waals surface area contributed by atoms with Crippen molar-refractivity contribution in [1.29, 1.82) is 0 Å². The Hall–Kier alpha value is -1.00. The minimum atomic E-state index is 0.159. The number of carbonyl (C=O) groups is 1. The molecule has 3 nitrogen and oxygen atoms in total. The standard InChI is InChI=1S/C18H26N2OS/c21-18(10-9-14-11-12-19-13-14)20-16-7-3-4-8-17(16)22-15-5-1-2-6-15/h3-4,7-8,14-15,19H,1-2,5-6,9-13H2,(H,20,21). The van der Waals surface area contributed by atoms with Crippen LogP contribution in [0.15, 0.2) is 29.2 Å². The smallest absolute Gasteiger partial charge is 0.224 e. The van der Waals surface area contributed by atoms with Gasteiger partial charge in [0.05, 0.1) is 5.69 Å². The lowest BCUT2D eigenvalue weighted by Gasteiger charge is -2.14. The average Bonchev–Trinajstić information content (AvgIpc) is 3.20. The molecule has 2 N–H and O–H groups in total. The number of hydrogen-bond acceptors (Lipinski definition) is 3. The van der Waals surface area contributed by atoms with Gasteiger partial charge < -0.3 is 10.6 Å². The molecule has 2 fully saturated rings. The van der Waals surface area contributed by atoms with Crippen LogP contribution in [0.2, 0.25) is 0 Å². The molecule has 1 saturated heterocycles. The minimum Gasteiger partial charge on any atom is -0.325 e. The van der Waals surface area contributed by atoms with E-state index in [-0.39, 0.29) is 5.91 Å². The summed E-state index contributed by atoms with van der Waals surface area (Å²) in [5, 5.41) is 7.21. The normalized spacial score (nSPS) is 22.1. The number of carbonyl (C=O) groups excluding carboxylic acids is 1. The maximum absolute atomic E-state index is 12.2. The fraction of sp³-hybridized carbons (Fsp3) is 0.611. The first-order chi connectivity index (χ1) is 10.8. The van der Waals surface area contributed by atoms with Gasteiger partial charge in [-0.15, -0.1) is 11.8 Å². The zero-order chi connectivity index (χ0) is 15.2. The molecule has 0 aromatic heterocycles. The predicted octanol–water partition coefficient (Wildman–Crippen LogP) is 4.05. The highest BCUT2D eigenvalue weighted by molar-refractivity contribution is 8.00. The van der Waals surface area contributed by atoms with Crippen LogP contribution in [-0.4, -0.2) is 24.2 Å². The summed E-state index contributed by atoms with van der Waals surface area (Å²) in [5.74, 6) is 0.834. The van der Waals surface area contributed by atoms with Crippen LogP contribution in [-0.2, 0) is 4.79 Å². The van der Waals surface area contributed by atoms with E-state index in [4.69, 9.17) is 0 Å². The Morgan fingerprint density at radius 1 is 1.23 bits per heavy atom. The number of nitrogens with one attached hydrogen (secondary N) is 2. The number of para-hydroxylation sites is 1. The number of hydrogen-bond donors (Lipinski definition) is 2.